The Labute approximate surface area is 129 Å². The lowest BCUT2D eigenvalue weighted by Crippen LogP contribution is -2.13. The summed E-state index contributed by atoms with van der Waals surface area (Å²) in [4.78, 5) is 28.3. The minimum Gasteiger partial charge on any atom is -0.321 e. The van der Waals surface area contributed by atoms with Crippen LogP contribution in [0.2, 0.25) is 0 Å². The highest BCUT2D eigenvalue weighted by Gasteiger charge is 2.09. The van der Waals surface area contributed by atoms with Gasteiger partial charge in [0.05, 0.1) is 4.88 Å². The summed E-state index contributed by atoms with van der Waals surface area (Å²) in [5.74, 6) is -0.207. The molecule has 8 heteroatoms. The number of aromatic nitrogens is 3. The van der Waals surface area contributed by atoms with Gasteiger partial charge < -0.3 is 5.32 Å². The summed E-state index contributed by atoms with van der Waals surface area (Å²) in [5, 5.41) is 13.4. The Morgan fingerprint density at radius 3 is 2.50 bits per heavy atom. The molecule has 0 unspecified atom stereocenters. The Morgan fingerprint density at radius 2 is 1.86 bits per heavy atom. The van der Waals surface area contributed by atoms with Gasteiger partial charge in [0, 0.05) is 11.3 Å². The monoisotopic (exact) mass is 313 g/mol. The van der Waals surface area contributed by atoms with E-state index in [2.05, 4.69) is 25.8 Å². The van der Waals surface area contributed by atoms with Crippen molar-refractivity contribution < 1.29 is 9.59 Å². The lowest BCUT2D eigenvalue weighted by atomic mass is 10.2. The van der Waals surface area contributed by atoms with E-state index in [1.165, 1.54) is 17.7 Å². The van der Waals surface area contributed by atoms with E-state index in [1.807, 2.05) is 11.4 Å². The fourth-order valence-corrected chi connectivity index (χ4v) is 2.37. The second-order valence-corrected chi connectivity index (χ2v) is 5.24. The predicted molar refractivity (Wildman–Crippen MR) is 83.1 cm³/mol. The molecule has 2 heterocycles. The van der Waals surface area contributed by atoms with E-state index in [4.69, 9.17) is 0 Å². The molecule has 0 radical (unpaired) electrons. The first-order valence-corrected chi connectivity index (χ1v) is 7.22. The third-order valence-corrected chi connectivity index (χ3v) is 3.67. The van der Waals surface area contributed by atoms with Crippen molar-refractivity contribution in [1.29, 1.82) is 0 Å². The topological polar surface area (TPSA) is 99.8 Å². The first kappa shape index (κ1) is 14.0. The minimum absolute atomic E-state index is 0.172. The van der Waals surface area contributed by atoms with E-state index in [1.54, 1.807) is 30.3 Å². The molecule has 2 amide bonds. The predicted octanol–water partition coefficient (Wildman–Crippen LogP) is 2.37. The average Bonchev–Trinajstić information content (AvgIpc) is 3.21. The van der Waals surface area contributed by atoms with Crippen LogP contribution < -0.4 is 10.6 Å². The Hall–Kier alpha value is -3.00. The van der Waals surface area contributed by atoms with Crippen LogP contribution in [0.25, 0.3) is 0 Å². The molecule has 3 aromatic rings. The minimum atomic E-state index is -0.312. The van der Waals surface area contributed by atoms with Crippen LogP contribution in [0.3, 0.4) is 0 Å². The fourth-order valence-electron chi connectivity index (χ4n) is 1.75. The van der Waals surface area contributed by atoms with Crippen LogP contribution in [0.15, 0.2) is 48.1 Å². The average molecular weight is 313 g/mol. The van der Waals surface area contributed by atoms with Gasteiger partial charge in [-0.3, -0.25) is 14.9 Å². The van der Waals surface area contributed by atoms with Gasteiger partial charge in [-0.2, -0.15) is 10.1 Å². The highest BCUT2D eigenvalue weighted by Crippen LogP contribution is 2.14. The summed E-state index contributed by atoms with van der Waals surface area (Å²) < 4.78 is 0. The molecule has 0 aliphatic heterocycles. The highest BCUT2D eigenvalue weighted by atomic mass is 32.1. The summed E-state index contributed by atoms with van der Waals surface area (Å²) in [5.41, 5.74) is 1.07. The Kier molecular flexibility index (Phi) is 3.92. The number of thiophene rings is 1. The number of rotatable bonds is 4. The van der Waals surface area contributed by atoms with Crippen LogP contribution >= 0.6 is 11.3 Å². The van der Waals surface area contributed by atoms with Gasteiger partial charge in [0.15, 0.2) is 0 Å². The number of carbonyl (C=O) groups excluding carboxylic acids is 2. The third-order valence-electron chi connectivity index (χ3n) is 2.80. The number of hydrogen-bond acceptors (Lipinski definition) is 5. The van der Waals surface area contributed by atoms with Crippen LogP contribution in [0.4, 0.5) is 11.6 Å². The quantitative estimate of drug-likeness (QED) is 0.688. The van der Waals surface area contributed by atoms with Gasteiger partial charge in [-0.15, -0.1) is 11.3 Å². The van der Waals surface area contributed by atoms with E-state index < -0.39 is 0 Å². The lowest BCUT2D eigenvalue weighted by Gasteiger charge is -2.05. The molecule has 3 N–H and O–H groups in total. The molecule has 2 aromatic heterocycles. The molecule has 0 saturated carbocycles. The second kappa shape index (κ2) is 6.19. The lowest BCUT2D eigenvalue weighted by molar-refractivity contribution is 0.102. The SMILES string of the molecule is O=C(Nc1ncn[nH]1)c1ccc(NC(=O)c2cccs2)cc1. The van der Waals surface area contributed by atoms with Gasteiger partial charge in [-0.1, -0.05) is 6.07 Å². The van der Waals surface area contributed by atoms with Crippen molar-refractivity contribution in [3.63, 3.8) is 0 Å². The molecule has 0 aliphatic carbocycles. The molecular weight excluding hydrogens is 302 g/mol. The van der Waals surface area contributed by atoms with Gasteiger partial charge in [0.2, 0.25) is 5.95 Å². The molecule has 0 aliphatic rings. The summed E-state index contributed by atoms with van der Waals surface area (Å²) in [6.45, 7) is 0. The zero-order valence-electron chi connectivity index (χ0n) is 11.2. The van der Waals surface area contributed by atoms with Gasteiger partial charge in [0.25, 0.3) is 11.8 Å². The molecule has 3 rings (SSSR count). The molecule has 22 heavy (non-hydrogen) atoms. The summed E-state index contributed by atoms with van der Waals surface area (Å²) in [6.07, 6.45) is 1.30. The van der Waals surface area contributed by atoms with Crippen LogP contribution in [0.1, 0.15) is 20.0 Å². The molecule has 110 valence electrons. The van der Waals surface area contributed by atoms with Gasteiger partial charge in [0.1, 0.15) is 6.33 Å². The van der Waals surface area contributed by atoms with Crippen molar-refractivity contribution in [3.05, 3.63) is 58.5 Å². The van der Waals surface area contributed by atoms with E-state index in [0.717, 1.165) is 0 Å². The number of nitrogens with zero attached hydrogens (tertiary/aromatic N) is 2. The molecular formula is C14H11N5O2S. The van der Waals surface area contributed by atoms with Crippen molar-refractivity contribution in [3.8, 4) is 0 Å². The standard InChI is InChI=1S/C14H11N5O2S/c20-12(18-14-15-8-16-19-14)9-3-5-10(6-4-9)17-13(21)11-2-1-7-22-11/h1-8H,(H,17,21)(H2,15,16,18,19,20). The van der Waals surface area contributed by atoms with Crippen molar-refractivity contribution in [2.24, 2.45) is 0 Å². The number of benzene rings is 1. The van der Waals surface area contributed by atoms with E-state index in [9.17, 15) is 9.59 Å². The zero-order valence-corrected chi connectivity index (χ0v) is 12.1. The maximum atomic E-state index is 11.9. The van der Waals surface area contributed by atoms with Crippen LogP contribution in [0, 0.1) is 0 Å². The maximum Gasteiger partial charge on any atom is 0.265 e. The summed E-state index contributed by atoms with van der Waals surface area (Å²) in [6, 6.07) is 10.1. The van der Waals surface area contributed by atoms with E-state index >= 15 is 0 Å². The first-order chi connectivity index (χ1) is 10.7. The Bertz CT molecular complexity index is 766. The van der Waals surface area contributed by atoms with Crippen molar-refractivity contribution in [1.82, 2.24) is 15.2 Å². The summed E-state index contributed by atoms with van der Waals surface area (Å²) >= 11 is 1.37. The number of hydrogen-bond donors (Lipinski definition) is 3. The Balaban J connectivity index is 1.65. The highest BCUT2D eigenvalue weighted by molar-refractivity contribution is 7.12. The van der Waals surface area contributed by atoms with E-state index in [-0.39, 0.29) is 17.8 Å². The van der Waals surface area contributed by atoms with Crippen LogP contribution in [-0.4, -0.2) is 27.0 Å². The van der Waals surface area contributed by atoms with Crippen LogP contribution in [-0.2, 0) is 0 Å². The van der Waals surface area contributed by atoms with Crippen molar-refractivity contribution >= 4 is 34.8 Å². The first-order valence-electron chi connectivity index (χ1n) is 6.34. The fraction of sp³-hybridized carbons (Fsp3) is 0. The number of aromatic amines is 1. The maximum absolute atomic E-state index is 11.9. The smallest absolute Gasteiger partial charge is 0.265 e. The molecule has 0 fully saturated rings. The molecule has 1 aromatic carbocycles. The Morgan fingerprint density at radius 1 is 1.05 bits per heavy atom. The second-order valence-electron chi connectivity index (χ2n) is 4.30. The van der Waals surface area contributed by atoms with Crippen molar-refractivity contribution in [2.75, 3.05) is 10.6 Å². The molecule has 0 bridgehead atoms. The van der Waals surface area contributed by atoms with E-state index in [0.29, 0.717) is 16.1 Å². The largest absolute Gasteiger partial charge is 0.321 e. The summed E-state index contributed by atoms with van der Waals surface area (Å²) in [7, 11) is 0. The molecule has 0 atom stereocenters. The van der Waals surface area contributed by atoms with Crippen molar-refractivity contribution in [2.45, 2.75) is 0 Å². The molecule has 0 saturated heterocycles. The third kappa shape index (κ3) is 3.18. The number of nitrogens with one attached hydrogen (secondary N) is 3. The van der Waals surface area contributed by atoms with Gasteiger partial charge in [-0.25, -0.2) is 5.10 Å². The molecule has 0 spiro atoms. The molecule has 7 nitrogen and oxygen atoms in total. The van der Waals surface area contributed by atoms with Gasteiger partial charge >= 0.3 is 0 Å². The number of anilines is 2. The van der Waals surface area contributed by atoms with Crippen LogP contribution in [0.5, 0.6) is 0 Å². The number of H-pyrrole nitrogens is 1. The zero-order chi connectivity index (χ0) is 15.4. The number of amides is 2. The van der Waals surface area contributed by atoms with Gasteiger partial charge in [-0.05, 0) is 35.7 Å². The normalized spacial score (nSPS) is 10.2. The number of carbonyl (C=O) groups is 2.